The molecule has 2 saturated heterocycles. The van der Waals surface area contributed by atoms with E-state index in [2.05, 4.69) is 54.4 Å². The summed E-state index contributed by atoms with van der Waals surface area (Å²) in [5, 5.41) is 12.5. The molecule has 2 aliphatic rings. The molecule has 1 spiro atoms. The van der Waals surface area contributed by atoms with Gasteiger partial charge in [0.2, 0.25) is 5.91 Å². The molecule has 1 aromatic carbocycles. The van der Waals surface area contributed by atoms with Crippen molar-refractivity contribution in [2.75, 3.05) is 19.6 Å². The fraction of sp³-hybridized carbons (Fsp3) is 0.545. The van der Waals surface area contributed by atoms with Crippen LogP contribution in [0.5, 0.6) is 0 Å². The predicted octanol–water partition coefficient (Wildman–Crippen LogP) is 3.17. The zero-order chi connectivity index (χ0) is 19.4. The standard InChI is InChI=1S/C22H30N2O3/c1-16(2)8-9-18(17-6-4-3-5-7-17)15-24-12-10-22(11-13-24)19(21(26)27)14-20(25)23-22/h3-7,9,16,19H,8,10-15H2,1-2H3,(H,23,25)(H,26,27)/b18-9+. The third-order valence-electron chi connectivity index (χ3n) is 5.87. The number of aliphatic carboxylic acids is 1. The second-order valence-electron chi connectivity index (χ2n) is 8.30. The molecule has 0 aromatic heterocycles. The Bertz CT molecular complexity index is 704. The highest BCUT2D eigenvalue weighted by molar-refractivity contribution is 5.88. The van der Waals surface area contributed by atoms with E-state index in [1.165, 1.54) is 11.1 Å². The van der Waals surface area contributed by atoms with Gasteiger partial charge in [0, 0.05) is 26.1 Å². The number of carboxylic acids is 1. The van der Waals surface area contributed by atoms with Crippen LogP contribution in [0.25, 0.3) is 5.57 Å². The summed E-state index contributed by atoms with van der Waals surface area (Å²) in [6, 6.07) is 10.5. The van der Waals surface area contributed by atoms with Gasteiger partial charge in [0.1, 0.15) is 0 Å². The molecule has 1 atom stereocenters. The zero-order valence-electron chi connectivity index (χ0n) is 16.3. The minimum absolute atomic E-state index is 0.110. The maximum atomic E-state index is 11.8. The number of hydrogen-bond donors (Lipinski definition) is 2. The summed E-state index contributed by atoms with van der Waals surface area (Å²) in [4.78, 5) is 25.8. The number of nitrogens with one attached hydrogen (secondary N) is 1. The number of carbonyl (C=O) groups is 2. The molecule has 5 nitrogen and oxygen atoms in total. The van der Waals surface area contributed by atoms with Crippen molar-refractivity contribution in [1.29, 1.82) is 0 Å². The Morgan fingerprint density at radius 3 is 2.56 bits per heavy atom. The third-order valence-corrected chi connectivity index (χ3v) is 5.87. The van der Waals surface area contributed by atoms with Crippen molar-refractivity contribution in [3.63, 3.8) is 0 Å². The quantitative estimate of drug-likeness (QED) is 0.807. The first-order valence-electron chi connectivity index (χ1n) is 9.90. The lowest BCUT2D eigenvalue weighted by Gasteiger charge is -2.41. The van der Waals surface area contributed by atoms with Crippen molar-refractivity contribution < 1.29 is 14.7 Å². The number of allylic oxidation sites excluding steroid dienone is 1. The Kier molecular flexibility index (Phi) is 6.00. The Morgan fingerprint density at radius 2 is 1.96 bits per heavy atom. The lowest BCUT2D eigenvalue weighted by atomic mass is 9.77. The van der Waals surface area contributed by atoms with Gasteiger partial charge in [-0.25, -0.2) is 0 Å². The van der Waals surface area contributed by atoms with E-state index in [9.17, 15) is 14.7 Å². The number of nitrogens with zero attached hydrogens (tertiary/aromatic N) is 1. The van der Waals surface area contributed by atoms with Crippen molar-refractivity contribution in [3.05, 3.63) is 42.0 Å². The van der Waals surface area contributed by atoms with E-state index in [0.29, 0.717) is 18.8 Å². The number of hydrogen-bond acceptors (Lipinski definition) is 3. The lowest BCUT2D eigenvalue weighted by Crippen LogP contribution is -2.55. The van der Waals surface area contributed by atoms with Crippen molar-refractivity contribution >= 4 is 17.4 Å². The predicted molar refractivity (Wildman–Crippen MR) is 106 cm³/mol. The second kappa shape index (κ2) is 8.26. The van der Waals surface area contributed by atoms with Gasteiger partial charge in [-0.3, -0.25) is 14.5 Å². The first-order valence-corrected chi connectivity index (χ1v) is 9.90. The van der Waals surface area contributed by atoms with Crippen LogP contribution in [0.15, 0.2) is 36.4 Å². The molecule has 27 heavy (non-hydrogen) atoms. The molecule has 1 unspecified atom stereocenters. The Morgan fingerprint density at radius 1 is 1.30 bits per heavy atom. The fourth-order valence-corrected chi connectivity index (χ4v) is 4.25. The van der Waals surface area contributed by atoms with Crippen LogP contribution in [-0.4, -0.2) is 47.1 Å². The Balaban J connectivity index is 1.68. The number of carboxylic acid groups (broad SMARTS) is 1. The summed E-state index contributed by atoms with van der Waals surface area (Å²) < 4.78 is 0. The van der Waals surface area contributed by atoms with Crippen molar-refractivity contribution in [2.45, 2.75) is 45.1 Å². The molecule has 2 heterocycles. The van der Waals surface area contributed by atoms with Gasteiger partial charge in [-0.1, -0.05) is 50.3 Å². The summed E-state index contributed by atoms with van der Waals surface area (Å²) in [7, 11) is 0. The molecule has 5 heteroatoms. The van der Waals surface area contributed by atoms with Crippen LogP contribution in [0.4, 0.5) is 0 Å². The van der Waals surface area contributed by atoms with Gasteiger partial charge >= 0.3 is 5.97 Å². The molecule has 2 aliphatic heterocycles. The van der Waals surface area contributed by atoms with Gasteiger partial charge < -0.3 is 10.4 Å². The van der Waals surface area contributed by atoms with Crippen LogP contribution >= 0.6 is 0 Å². The largest absolute Gasteiger partial charge is 0.481 e. The van der Waals surface area contributed by atoms with Crippen LogP contribution in [0.1, 0.15) is 45.1 Å². The number of likely N-dealkylation sites (tertiary alicyclic amines) is 1. The third kappa shape index (κ3) is 4.59. The lowest BCUT2D eigenvalue weighted by molar-refractivity contribution is -0.144. The van der Waals surface area contributed by atoms with Crippen LogP contribution in [-0.2, 0) is 9.59 Å². The van der Waals surface area contributed by atoms with E-state index >= 15 is 0 Å². The average Bonchev–Trinajstić information content (AvgIpc) is 2.97. The van der Waals surface area contributed by atoms with Crippen molar-refractivity contribution in [3.8, 4) is 0 Å². The minimum Gasteiger partial charge on any atom is -0.481 e. The summed E-state index contributed by atoms with van der Waals surface area (Å²) in [6.07, 6.45) is 4.88. The van der Waals surface area contributed by atoms with E-state index in [0.717, 1.165) is 26.1 Å². The SMILES string of the molecule is CC(C)C/C=C(\CN1CCC2(CC1)NC(=O)CC2C(=O)O)c1ccccc1. The van der Waals surface area contributed by atoms with Gasteiger partial charge in [0.25, 0.3) is 0 Å². The zero-order valence-corrected chi connectivity index (χ0v) is 16.3. The van der Waals surface area contributed by atoms with E-state index in [1.54, 1.807) is 0 Å². The summed E-state index contributed by atoms with van der Waals surface area (Å²) >= 11 is 0. The van der Waals surface area contributed by atoms with Crippen LogP contribution < -0.4 is 5.32 Å². The molecule has 146 valence electrons. The monoisotopic (exact) mass is 370 g/mol. The highest BCUT2D eigenvalue weighted by Crippen LogP contribution is 2.37. The van der Waals surface area contributed by atoms with Gasteiger partial charge in [-0.2, -0.15) is 0 Å². The van der Waals surface area contributed by atoms with Crippen LogP contribution in [0.3, 0.4) is 0 Å². The minimum atomic E-state index is -0.858. The number of piperidine rings is 1. The van der Waals surface area contributed by atoms with Crippen molar-refractivity contribution in [2.24, 2.45) is 11.8 Å². The van der Waals surface area contributed by atoms with Crippen LogP contribution in [0, 0.1) is 11.8 Å². The first-order chi connectivity index (χ1) is 12.9. The first kappa shape index (κ1) is 19.6. The molecule has 0 bridgehead atoms. The van der Waals surface area contributed by atoms with Gasteiger partial charge in [0.05, 0.1) is 11.5 Å². The highest BCUT2D eigenvalue weighted by atomic mass is 16.4. The van der Waals surface area contributed by atoms with E-state index < -0.39 is 17.4 Å². The Labute approximate surface area is 161 Å². The average molecular weight is 370 g/mol. The summed E-state index contributed by atoms with van der Waals surface area (Å²) in [6.45, 7) is 6.90. The number of rotatable bonds is 6. The highest BCUT2D eigenvalue weighted by Gasteiger charge is 2.51. The molecule has 2 fully saturated rings. The maximum Gasteiger partial charge on any atom is 0.309 e. The molecular formula is C22H30N2O3. The smallest absolute Gasteiger partial charge is 0.309 e. The fourth-order valence-electron chi connectivity index (χ4n) is 4.25. The molecule has 0 aliphatic carbocycles. The molecule has 0 saturated carbocycles. The number of amides is 1. The molecular weight excluding hydrogens is 340 g/mol. The second-order valence-corrected chi connectivity index (χ2v) is 8.30. The van der Waals surface area contributed by atoms with Crippen LogP contribution in [0.2, 0.25) is 0 Å². The topological polar surface area (TPSA) is 69.6 Å². The normalized spacial score (nSPS) is 23.0. The summed E-state index contributed by atoms with van der Waals surface area (Å²) in [5.41, 5.74) is 2.01. The number of carbonyl (C=O) groups excluding carboxylic acids is 1. The summed E-state index contributed by atoms with van der Waals surface area (Å²) in [5.74, 6) is -0.975. The van der Waals surface area contributed by atoms with Gasteiger partial charge in [-0.05, 0) is 36.3 Å². The van der Waals surface area contributed by atoms with Gasteiger partial charge in [-0.15, -0.1) is 0 Å². The van der Waals surface area contributed by atoms with Crippen molar-refractivity contribution in [1.82, 2.24) is 10.2 Å². The Hall–Kier alpha value is -2.14. The molecule has 1 amide bonds. The van der Waals surface area contributed by atoms with E-state index in [-0.39, 0.29) is 12.3 Å². The molecule has 1 aromatic rings. The maximum absolute atomic E-state index is 11.8. The molecule has 0 radical (unpaired) electrons. The molecule has 2 N–H and O–H groups in total. The number of benzene rings is 1. The van der Waals surface area contributed by atoms with E-state index in [4.69, 9.17) is 0 Å². The molecule has 3 rings (SSSR count). The van der Waals surface area contributed by atoms with Gasteiger partial charge in [0.15, 0.2) is 0 Å². The van der Waals surface area contributed by atoms with E-state index in [1.807, 2.05) is 6.07 Å².